The predicted octanol–water partition coefficient (Wildman–Crippen LogP) is -0.596. The summed E-state index contributed by atoms with van der Waals surface area (Å²) in [6.07, 6.45) is -1.46. The summed E-state index contributed by atoms with van der Waals surface area (Å²) in [5, 5.41) is 22.4. The molecule has 0 aromatic carbocycles. The van der Waals surface area contributed by atoms with Gasteiger partial charge in [-0.15, -0.1) is 0 Å². The first-order valence-electron chi connectivity index (χ1n) is 5.38. The maximum absolute atomic E-state index is 11.2. The summed E-state index contributed by atoms with van der Waals surface area (Å²) in [6.45, 7) is 3.06. The maximum Gasteiger partial charge on any atom is 0.332 e. The van der Waals surface area contributed by atoms with Crippen LogP contribution < -0.4 is 10.6 Å². The maximum atomic E-state index is 11.2. The third-order valence-corrected chi connectivity index (χ3v) is 2.05. The molecular weight excluding hydrogens is 228 g/mol. The van der Waals surface area contributed by atoms with Crippen LogP contribution in [0.1, 0.15) is 13.3 Å². The molecule has 0 saturated carbocycles. The van der Waals surface area contributed by atoms with Crippen LogP contribution in [0.15, 0.2) is 0 Å². The van der Waals surface area contributed by atoms with Crippen LogP contribution >= 0.6 is 0 Å². The van der Waals surface area contributed by atoms with Crippen molar-refractivity contribution in [2.75, 3.05) is 26.8 Å². The third-order valence-electron chi connectivity index (χ3n) is 2.05. The van der Waals surface area contributed by atoms with E-state index in [1.807, 2.05) is 6.92 Å². The Labute approximate surface area is 100 Å². The molecule has 0 heterocycles. The zero-order valence-electron chi connectivity index (χ0n) is 10.1. The number of carboxylic acid groups (broad SMARTS) is 1. The normalized spacial score (nSPS) is 13.8. The molecule has 0 saturated heterocycles. The molecule has 1 unspecified atom stereocenters. The van der Waals surface area contributed by atoms with Crippen molar-refractivity contribution in [2.24, 2.45) is 5.92 Å². The van der Waals surface area contributed by atoms with Crippen molar-refractivity contribution in [3.05, 3.63) is 0 Å². The second-order valence-electron chi connectivity index (χ2n) is 3.84. The van der Waals surface area contributed by atoms with Gasteiger partial charge >= 0.3 is 12.0 Å². The van der Waals surface area contributed by atoms with Crippen molar-refractivity contribution in [2.45, 2.75) is 19.4 Å². The van der Waals surface area contributed by atoms with Gasteiger partial charge < -0.3 is 25.6 Å². The van der Waals surface area contributed by atoms with Gasteiger partial charge in [0.2, 0.25) is 0 Å². The molecule has 0 aromatic heterocycles. The SMILES string of the molecule is COCC(C)CNC(=O)NCC[C@H](O)C(=O)O. The van der Waals surface area contributed by atoms with E-state index in [1.54, 1.807) is 7.11 Å². The Balaban J connectivity index is 3.56. The number of rotatable bonds is 8. The molecule has 2 amide bonds. The lowest BCUT2D eigenvalue weighted by Crippen LogP contribution is -2.40. The first kappa shape index (κ1) is 15.7. The summed E-state index contributed by atoms with van der Waals surface area (Å²) in [7, 11) is 1.59. The topological polar surface area (TPSA) is 108 Å². The number of carbonyl (C=O) groups is 2. The number of carboxylic acids is 1. The molecule has 0 bridgehead atoms. The number of aliphatic carboxylic acids is 1. The van der Waals surface area contributed by atoms with Gasteiger partial charge in [-0.2, -0.15) is 0 Å². The van der Waals surface area contributed by atoms with Gasteiger partial charge in [0.05, 0.1) is 6.61 Å². The van der Waals surface area contributed by atoms with Crippen LogP contribution in [0.3, 0.4) is 0 Å². The fourth-order valence-corrected chi connectivity index (χ4v) is 1.12. The summed E-state index contributed by atoms with van der Waals surface area (Å²) in [6, 6.07) is -0.384. The molecule has 0 rings (SSSR count). The molecule has 7 heteroatoms. The Hall–Kier alpha value is -1.34. The number of ether oxygens (including phenoxy) is 1. The van der Waals surface area contributed by atoms with Crippen LogP contribution in [0, 0.1) is 5.92 Å². The minimum absolute atomic E-state index is 0.0175. The van der Waals surface area contributed by atoms with E-state index in [9.17, 15) is 9.59 Å². The van der Waals surface area contributed by atoms with Gasteiger partial charge in [-0.25, -0.2) is 9.59 Å². The standard InChI is InChI=1S/C10H20N2O5/c1-7(6-17-2)5-12-10(16)11-4-3-8(13)9(14)15/h7-8,13H,3-6H2,1-2H3,(H,14,15)(H2,11,12,16)/t7?,8-/m0/s1. The second kappa shape index (κ2) is 8.77. The first-order chi connectivity index (χ1) is 7.97. The Bertz CT molecular complexity index is 247. The highest BCUT2D eigenvalue weighted by molar-refractivity contribution is 5.74. The van der Waals surface area contributed by atoms with E-state index in [0.29, 0.717) is 13.2 Å². The van der Waals surface area contributed by atoms with Crippen LogP contribution in [0.5, 0.6) is 0 Å². The fourth-order valence-electron chi connectivity index (χ4n) is 1.12. The van der Waals surface area contributed by atoms with Gasteiger partial charge in [-0.05, 0) is 5.92 Å². The summed E-state index contributed by atoms with van der Waals surface area (Å²) < 4.78 is 4.90. The zero-order chi connectivity index (χ0) is 13.3. The van der Waals surface area contributed by atoms with Crippen molar-refractivity contribution in [1.82, 2.24) is 10.6 Å². The van der Waals surface area contributed by atoms with E-state index in [-0.39, 0.29) is 24.9 Å². The van der Waals surface area contributed by atoms with Gasteiger partial charge in [-0.1, -0.05) is 6.92 Å². The van der Waals surface area contributed by atoms with Gasteiger partial charge in [0.15, 0.2) is 6.10 Å². The Morgan fingerprint density at radius 2 is 2.00 bits per heavy atom. The van der Waals surface area contributed by atoms with Crippen LogP contribution in [-0.2, 0) is 9.53 Å². The van der Waals surface area contributed by atoms with E-state index < -0.39 is 12.1 Å². The van der Waals surface area contributed by atoms with E-state index in [4.69, 9.17) is 14.9 Å². The van der Waals surface area contributed by atoms with E-state index >= 15 is 0 Å². The highest BCUT2D eigenvalue weighted by Crippen LogP contribution is 1.92. The quantitative estimate of drug-likeness (QED) is 0.459. The Morgan fingerprint density at radius 3 is 2.53 bits per heavy atom. The number of hydrogen-bond acceptors (Lipinski definition) is 4. The fraction of sp³-hybridized carbons (Fsp3) is 0.800. The number of carbonyl (C=O) groups excluding carboxylic acids is 1. The number of methoxy groups -OCH3 is 1. The summed E-state index contributed by atoms with van der Waals surface area (Å²) in [4.78, 5) is 21.5. The minimum atomic E-state index is -1.44. The lowest BCUT2D eigenvalue weighted by Gasteiger charge is -2.12. The van der Waals surface area contributed by atoms with Crippen molar-refractivity contribution in [3.63, 3.8) is 0 Å². The highest BCUT2D eigenvalue weighted by Gasteiger charge is 2.12. The molecule has 4 N–H and O–H groups in total. The molecule has 0 spiro atoms. The Morgan fingerprint density at radius 1 is 1.35 bits per heavy atom. The molecule has 7 nitrogen and oxygen atoms in total. The molecule has 0 aromatic rings. The summed E-state index contributed by atoms with van der Waals surface area (Å²) >= 11 is 0. The van der Waals surface area contributed by atoms with Crippen molar-refractivity contribution < 1.29 is 24.5 Å². The number of nitrogens with one attached hydrogen (secondary N) is 2. The molecule has 0 aliphatic carbocycles. The van der Waals surface area contributed by atoms with Crippen molar-refractivity contribution in [3.8, 4) is 0 Å². The van der Waals surface area contributed by atoms with Gasteiger partial charge in [0.25, 0.3) is 0 Å². The van der Waals surface area contributed by atoms with E-state index in [0.717, 1.165) is 0 Å². The van der Waals surface area contributed by atoms with Gasteiger partial charge in [0.1, 0.15) is 0 Å². The van der Waals surface area contributed by atoms with Crippen molar-refractivity contribution in [1.29, 1.82) is 0 Å². The number of hydrogen-bond donors (Lipinski definition) is 4. The van der Waals surface area contributed by atoms with Crippen LogP contribution in [0.25, 0.3) is 0 Å². The number of urea groups is 1. The van der Waals surface area contributed by atoms with Crippen LogP contribution in [0.2, 0.25) is 0 Å². The molecule has 0 aliphatic heterocycles. The van der Waals surface area contributed by atoms with Crippen LogP contribution in [0.4, 0.5) is 4.79 Å². The molecule has 2 atom stereocenters. The molecule has 0 fully saturated rings. The smallest absolute Gasteiger partial charge is 0.332 e. The molecule has 17 heavy (non-hydrogen) atoms. The molecular formula is C10H20N2O5. The van der Waals surface area contributed by atoms with Crippen LogP contribution in [-0.4, -0.2) is 55.1 Å². The first-order valence-corrected chi connectivity index (χ1v) is 5.38. The molecule has 0 aliphatic rings. The largest absolute Gasteiger partial charge is 0.479 e. The van der Waals surface area contributed by atoms with E-state index in [2.05, 4.69) is 10.6 Å². The zero-order valence-corrected chi connectivity index (χ0v) is 10.1. The van der Waals surface area contributed by atoms with Gasteiger partial charge in [0, 0.05) is 26.6 Å². The second-order valence-corrected chi connectivity index (χ2v) is 3.84. The minimum Gasteiger partial charge on any atom is -0.479 e. The lowest BCUT2D eigenvalue weighted by atomic mass is 10.2. The third kappa shape index (κ3) is 8.47. The monoisotopic (exact) mass is 248 g/mol. The number of aliphatic hydroxyl groups excluding tert-OH is 1. The average Bonchev–Trinajstić information content (AvgIpc) is 2.26. The number of aliphatic hydroxyl groups is 1. The highest BCUT2D eigenvalue weighted by atomic mass is 16.5. The molecule has 100 valence electrons. The summed E-state index contributed by atoms with van der Waals surface area (Å²) in [5.74, 6) is -1.09. The average molecular weight is 248 g/mol. The van der Waals surface area contributed by atoms with Gasteiger partial charge in [-0.3, -0.25) is 0 Å². The van der Waals surface area contributed by atoms with E-state index in [1.165, 1.54) is 0 Å². The molecule has 0 radical (unpaired) electrons. The lowest BCUT2D eigenvalue weighted by molar-refractivity contribution is -0.146. The Kier molecular flexibility index (Phi) is 8.08. The predicted molar refractivity (Wildman–Crippen MR) is 60.7 cm³/mol. The number of amides is 2. The van der Waals surface area contributed by atoms with Crippen molar-refractivity contribution >= 4 is 12.0 Å². The summed E-state index contributed by atoms with van der Waals surface area (Å²) in [5.41, 5.74) is 0.